The highest BCUT2D eigenvalue weighted by Crippen LogP contribution is 2.45. The first-order chi connectivity index (χ1) is 28.5. The summed E-state index contributed by atoms with van der Waals surface area (Å²) in [6.45, 7) is 13.5. The second-order valence-electron chi connectivity index (χ2n) is 16.2. The Bertz CT molecular complexity index is 1790. The van der Waals surface area contributed by atoms with Crippen molar-refractivity contribution < 1.29 is 4.70 Å². The molecule has 0 fully saturated rings. The van der Waals surface area contributed by atoms with E-state index in [0.717, 1.165) is 128 Å². The normalized spacial score (nSPS) is 12.1. The first-order valence-corrected chi connectivity index (χ1v) is 23.7. The molecule has 0 amide bonds. The SMILES string of the molecule is CCCCCC#Cc1cc(C#CCCCCC)cc(C2=C(CCCC)C(CCCCCCCC)=C(c3cc(C#CCCCCC)cc(C#CCCCCC)c3)[N+]2=[N-])c1. The topological polar surface area (TPSA) is 25.3 Å². The van der Waals surface area contributed by atoms with Crippen LogP contribution < -0.4 is 0 Å². The van der Waals surface area contributed by atoms with E-state index in [1.54, 1.807) is 0 Å². The number of hydrogen-bond donors (Lipinski definition) is 0. The summed E-state index contributed by atoms with van der Waals surface area (Å²) in [5, 5.41) is 0. The summed E-state index contributed by atoms with van der Waals surface area (Å²) in [4.78, 5) is 0. The summed E-state index contributed by atoms with van der Waals surface area (Å²) < 4.78 is 1.52. The van der Waals surface area contributed by atoms with E-state index in [0.29, 0.717) is 0 Å². The van der Waals surface area contributed by atoms with Crippen LogP contribution in [0.5, 0.6) is 0 Å². The Balaban J connectivity index is 2.25. The average Bonchev–Trinajstić information content (AvgIpc) is 3.50. The zero-order valence-electron chi connectivity index (χ0n) is 37.7. The summed E-state index contributed by atoms with van der Waals surface area (Å²) in [5.74, 6) is 27.8. The van der Waals surface area contributed by atoms with E-state index in [-0.39, 0.29) is 0 Å². The van der Waals surface area contributed by atoms with Crippen LogP contribution in [0.1, 0.15) is 242 Å². The smallest absolute Gasteiger partial charge is 0.211 e. The van der Waals surface area contributed by atoms with Gasteiger partial charge in [0.05, 0.1) is 0 Å². The van der Waals surface area contributed by atoms with Crippen molar-refractivity contribution in [2.45, 2.75) is 208 Å². The third-order valence-electron chi connectivity index (χ3n) is 10.9. The molecule has 0 aliphatic carbocycles. The molecule has 1 aliphatic rings. The first-order valence-electron chi connectivity index (χ1n) is 23.7. The molecule has 1 heterocycles. The maximum Gasteiger partial charge on any atom is 0.211 e. The lowest BCUT2D eigenvalue weighted by molar-refractivity contribution is -0.345. The van der Waals surface area contributed by atoms with Gasteiger partial charge in [-0.05, 0) is 87.8 Å². The van der Waals surface area contributed by atoms with E-state index >= 15 is 0 Å². The predicted octanol–water partition coefficient (Wildman–Crippen LogP) is 16.5. The monoisotopic (exact) mass is 777 g/mol. The van der Waals surface area contributed by atoms with Gasteiger partial charge in [0.1, 0.15) is 0 Å². The van der Waals surface area contributed by atoms with Crippen molar-refractivity contribution in [2.24, 2.45) is 0 Å². The molecule has 2 aromatic rings. The second kappa shape index (κ2) is 29.9. The molecule has 1 aliphatic heterocycles. The summed E-state index contributed by atoms with van der Waals surface area (Å²) in [7, 11) is 0. The van der Waals surface area contributed by atoms with Crippen LogP contribution in [0.3, 0.4) is 0 Å². The number of unbranched alkanes of at least 4 members (excludes halogenated alkanes) is 18. The van der Waals surface area contributed by atoms with E-state index in [1.807, 2.05) is 0 Å². The highest BCUT2D eigenvalue weighted by Gasteiger charge is 2.35. The second-order valence-corrected chi connectivity index (χ2v) is 16.2. The molecule has 0 saturated carbocycles. The number of allylic oxidation sites excluding steroid dienone is 2. The van der Waals surface area contributed by atoms with Crippen LogP contribution in [0.2, 0.25) is 0 Å². The zero-order valence-corrected chi connectivity index (χ0v) is 37.7. The van der Waals surface area contributed by atoms with Crippen molar-refractivity contribution in [2.75, 3.05) is 0 Å². The van der Waals surface area contributed by atoms with Crippen molar-refractivity contribution in [1.82, 2.24) is 0 Å². The molecular weight excluding hydrogens is 701 g/mol. The van der Waals surface area contributed by atoms with Crippen LogP contribution in [0.25, 0.3) is 16.9 Å². The van der Waals surface area contributed by atoms with Gasteiger partial charge in [0.25, 0.3) is 0 Å². The Morgan fingerprint density at radius 1 is 0.362 bits per heavy atom. The molecule has 0 unspecified atom stereocenters. The average molecular weight is 777 g/mol. The molecule has 2 aromatic carbocycles. The minimum atomic E-state index is 0.886. The molecule has 3 rings (SSSR count). The van der Waals surface area contributed by atoms with Crippen molar-refractivity contribution in [1.29, 1.82) is 0 Å². The van der Waals surface area contributed by atoms with E-state index < -0.39 is 0 Å². The van der Waals surface area contributed by atoms with Crippen LogP contribution in [0.15, 0.2) is 47.5 Å². The molecule has 310 valence electrons. The minimum absolute atomic E-state index is 0.886. The third-order valence-corrected chi connectivity index (χ3v) is 10.9. The van der Waals surface area contributed by atoms with Crippen molar-refractivity contribution in [3.63, 3.8) is 0 Å². The lowest BCUT2D eigenvalue weighted by atomic mass is 9.90. The number of rotatable bonds is 24. The lowest BCUT2D eigenvalue weighted by Crippen LogP contribution is -2.04. The number of benzene rings is 2. The molecule has 0 radical (unpaired) electrons. The standard InChI is InChI=1S/C56H76N2/c1-7-13-19-24-29-34-40-54-53(39-18-12-6)55(51-43-47(35-30-25-20-14-8-2)41-48(44-51)36-31-26-21-15-9-3)58(57)56(54)52-45-49(37-32-27-22-16-10-4)42-50(46-52)38-33-28-23-17-11-5/h41-46H,7-29,34,39-40H2,1-6H3. The van der Waals surface area contributed by atoms with E-state index in [1.165, 1.54) is 99.3 Å². The Labute approximate surface area is 357 Å². The molecule has 0 bridgehead atoms. The van der Waals surface area contributed by atoms with Crippen molar-refractivity contribution in [3.05, 3.63) is 86.5 Å². The lowest BCUT2D eigenvalue weighted by Gasteiger charge is -2.11. The summed E-state index contributed by atoms with van der Waals surface area (Å²) in [6, 6.07) is 13.1. The van der Waals surface area contributed by atoms with Gasteiger partial charge in [-0.25, -0.2) is 4.70 Å². The highest BCUT2D eigenvalue weighted by atomic mass is 15.2. The van der Waals surface area contributed by atoms with E-state index in [9.17, 15) is 5.53 Å². The fourth-order valence-corrected chi connectivity index (χ4v) is 7.55. The van der Waals surface area contributed by atoms with Gasteiger partial charge in [-0.1, -0.05) is 179 Å². The third kappa shape index (κ3) is 17.3. The summed E-state index contributed by atoms with van der Waals surface area (Å²) >= 11 is 0. The molecule has 0 saturated heterocycles. The van der Waals surface area contributed by atoms with Gasteiger partial charge in [-0.2, -0.15) is 0 Å². The Morgan fingerprint density at radius 2 is 0.655 bits per heavy atom. The van der Waals surface area contributed by atoms with Crippen LogP contribution in [-0.2, 0) is 0 Å². The van der Waals surface area contributed by atoms with Crippen LogP contribution >= 0.6 is 0 Å². The largest absolute Gasteiger partial charge is 0.493 e. The van der Waals surface area contributed by atoms with E-state index in [4.69, 9.17) is 0 Å². The first kappa shape index (κ1) is 48.1. The molecule has 0 spiro atoms. The van der Waals surface area contributed by atoms with Gasteiger partial charge >= 0.3 is 0 Å². The van der Waals surface area contributed by atoms with Crippen LogP contribution in [0, 0.1) is 47.4 Å². The minimum Gasteiger partial charge on any atom is -0.493 e. The van der Waals surface area contributed by atoms with E-state index in [2.05, 4.69) is 125 Å². The van der Waals surface area contributed by atoms with Gasteiger partial charge < -0.3 is 5.53 Å². The van der Waals surface area contributed by atoms with Crippen molar-refractivity contribution >= 4 is 11.4 Å². The highest BCUT2D eigenvalue weighted by molar-refractivity contribution is 5.83. The number of nitrogens with zero attached hydrogens (tertiary/aromatic N) is 2. The van der Waals surface area contributed by atoms with Gasteiger partial charge in [-0.15, -0.1) is 0 Å². The predicted molar refractivity (Wildman–Crippen MR) is 252 cm³/mol. The molecular formula is C56H76N2. The Kier molecular flexibility index (Phi) is 24.8. The van der Waals surface area contributed by atoms with Crippen LogP contribution in [0.4, 0.5) is 0 Å². The Morgan fingerprint density at radius 3 is 1.00 bits per heavy atom. The quantitative estimate of drug-likeness (QED) is 0.0576. The molecule has 2 heteroatoms. The van der Waals surface area contributed by atoms with Gasteiger partial charge in [0.2, 0.25) is 11.4 Å². The maximum atomic E-state index is 12.7. The summed E-state index contributed by atoms with van der Waals surface area (Å²) in [5.41, 5.74) is 22.8. The van der Waals surface area contributed by atoms with Crippen molar-refractivity contribution in [3.8, 4) is 47.4 Å². The van der Waals surface area contributed by atoms with Gasteiger partial charge in [0.15, 0.2) is 0 Å². The number of hydrogen-bond acceptors (Lipinski definition) is 0. The van der Waals surface area contributed by atoms with Gasteiger partial charge in [0, 0.05) is 70.2 Å². The molecule has 58 heavy (non-hydrogen) atoms. The maximum absolute atomic E-state index is 12.7. The Hall–Kier alpha value is -4.24. The zero-order chi connectivity index (χ0) is 41.6. The summed E-state index contributed by atoms with van der Waals surface area (Å²) in [6.07, 6.45) is 28.9. The van der Waals surface area contributed by atoms with Crippen LogP contribution in [-0.4, -0.2) is 4.70 Å². The molecule has 2 nitrogen and oxygen atoms in total. The fraction of sp³-hybridized carbons (Fsp3) is 0.571. The fourth-order valence-electron chi connectivity index (χ4n) is 7.55. The molecule has 0 aromatic heterocycles. The molecule has 0 N–H and O–H groups in total. The molecule has 0 atom stereocenters. The van der Waals surface area contributed by atoms with Gasteiger partial charge in [-0.3, -0.25) is 0 Å².